The molecule has 1 aromatic carbocycles. The number of aromatic nitrogens is 1. The van der Waals surface area contributed by atoms with Crippen LogP contribution in [0.3, 0.4) is 0 Å². The maximum absolute atomic E-state index is 5.84. The molecule has 0 aliphatic rings. The molecule has 0 amide bonds. The van der Waals surface area contributed by atoms with E-state index in [9.17, 15) is 0 Å². The average Bonchev–Trinajstić information content (AvgIpc) is 3.07. The van der Waals surface area contributed by atoms with Crippen molar-refractivity contribution in [1.82, 2.24) is 15.6 Å². The number of thiazole rings is 1. The normalized spacial score (nSPS) is 12.2. The highest BCUT2D eigenvalue weighted by Crippen LogP contribution is 2.13. The zero-order valence-corrected chi connectivity index (χ0v) is 18.1. The Labute approximate surface area is 171 Å². The molecular formula is C18H27IN4OS. The quantitative estimate of drug-likeness (QED) is 0.350. The number of hydrogen-bond donors (Lipinski definition) is 2. The maximum atomic E-state index is 5.84. The second-order valence-corrected chi connectivity index (χ2v) is 6.65. The van der Waals surface area contributed by atoms with E-state index in [1.54, 1.807) is 18.4 Å². The lowest BCUT2D eigenvalue weighted by molar-refractivity contribution is 0.224. The minimum absolute atomic E-state index is 0. The van der Waals surface area contributed by atoms with Crippen molar-refractivity contribution in [2.45, 2.75) is 32.8 Å². The molecule has 2 N–H and O–H groups in total. The molecule has 0 aliphatic heterocycles. The Morgan fingerprint density at radius 1 is 1.28 bits per heavy atom. The third-order valence-corrected chi connectivity index (χ3v) is 4.64. The lowest BCUT2D eigenvalue weighted by atomic mass is 10.3. The summed E-state index contributed by atoms with van der Waals surface area (Å²) in [6, 6.07) is 9.84. The molecule has 0 radical (unpaired) electrons. The lowest BCUT2D eigenvalue weighted by Gasteiger charge is -2.17. The molecule has 25 heavy (non-hydrogen) atoms. The van der Waals surface area contributed by atoms with Crippen LogP contribution in [0.1, 0.15) is 23.7 Å². The molecule has 138 valence electrons. The Balaban J connectivity index is 0.00000312. The minimum atomic E-state index is 0. The van der Waals surface area contributed by atoms with Gasteiger partial charge >= 0.3 is 0 Å². The number of rotatable bonds is 8. The SMILES string of the molecule is CCc1cnc(CCNC(=NC)NCC(C)Oc2ccccc2)s1.I. The van der Waals surface area contributed by atoms with E-state index in [-0.39, 0.29) is 30.1 Å². The van der Waals surface area contributed by atoms with E-state index in [0.717, 1.165) is 36.1 Å². The standard InChI is InChI=1S/C18H26N4OS.HI/c1-4-16-13-21-17(24-16)10-11-20-18(19-3)22-12-14(2)23-15-8-6-5-7-9-15;/h5-9,13-14H,4,10-12H2,1-3H3,(H2,19,20,22);1H. The Morgan fingerprint density at radius 3 is 2.68 bits per heavy atom. The van der Waals surface area contributed by atoms with Crippen LogP contribution in [-0.4, -0.2) is 37.2 Å². The Morgan fingerprint density at radius 2 is 2.04 bits per heavy atom. The summed E-state index contributed by atoms with van der Waals surface area (Å²) in [6.07, 6.45) is 3.97. The zero-order chi connectivity index (χ0) is 17.2. The molecule has 0 saturated heterocycles. The molecule has 0 bridgehead atoms. The predicted molar refractivity (Wildman–Crippen MR) is 117 cm³/mol. The number of nitrogens with one attached hydrogen (secondary N) is 2. The van der Waals surface area contributed by atoms with Crippen LogP contribution in [0.2, 0.25) is 0 Å². The monoisotopic (exact) mass is 474 g/mol. The summed E-state index contributed by atoms with van der Waals surface area (Å²) in [5, 5.41) is 7.77. The van der Waals surface area contributed by atoms with E-state index < -0.39 is 0 Å². The third-order valence-electron chi connectivity index (χ3n) is 3.44. The van der Waals surface area contributed by atoms with Gasteiger partial charge in [-0.05, 0) is 25.5 Å². The summed E-state index contributed by atoms with van der Waals surface area (Å²) in [4.78, 5) is 10.0. The van der Waals surface area contributed by atoms with Crippen LogP contribution in [0.25, 0.3) is 0 Å². The van der Waals surface area contributed by atoms with Gasteiger partial charge in [-0.3, -0.25) is 4.99 Å². The summed E-state index contributed by atoms with van der Waals surface area (Å²) in [6.45, 7) is 5.69. The number of para-hydroxylation sites is 1. The molecule has 0 aliphatic carbocycles. The van der Waals surface area contributed by atoms with Crippen molar-refractivity contribution in [3.8, 4) is 5.75 Å². The van der Waals surface area contributed by atoms with Gasteiger partial charge in [0.1, 0.15) is 11.9 Å². The third kappa shape index (κ3) is 8.04. The van der Waals surface area contributed by atoms with Gasteiger partial charge in [-0.25, -0.2) is 4.98 Å². The Kier molecular flexibility index (Phi) is 10.5. The number of nitrogens with zero attached hydrogens (tertiary/aromatic N) is 2. The second-order valence-electron chi connectivity index (χ2n) is 5.45. The smallest absolute Gasteiger partial charge is 0.191 e. The van der Waals surface area contributed by atoms with E-state index in [2.05, 4.69) is 27.5 Å². The van der Waals surface area contributed by atoms with Crippen LogP contribution in [0.4, 0.5) is 0 Å². The number of guanidine groups is 1. The fourth-order valence-corrected chi connectivity index (χ4v) is 3.01. The highest BCUT2D eigenvalue weighted by molar-refractivity contribution is 14.0. The van der Waals surface area contributed by atoms with E-state index in [0.29, 0.717) is 6.54 Å². The maximum Gasteiger partial charge on any atom is 0.191 e. The number of hydrogen-bond acceptors (Lipinski definition) is 4. The highest BCUT2D eigenvalue weighted by atomic mass is 127. The van der Waals surface area contributed by atoms with Gasteiger partial charge in [0.25, 0.3) is 0 Å². The summed E-state index contributed by atoms with van der Waals surface area (Å²) in [5.41, 5.74) is 0. The van der Waals surface area contributed by atoms with Gasteiger partial charge in [0, 0.05) is 31.1 Å². The zero-order valence-electron chi connectivity index (χ0n) is 15.0. The summed E-state index contributed by atoms with van der Waals surface area (Å²) >= 11 is 1.78. The van der Waals surface area contributed by atoms with Crippen molar-refractivity contribution < 1.29 is 4.74 Å². The van der Waals surface area contributed by atoms with Crippen molar-refractivity contribution in [3.63, 3.8) is 0 Å². The van der Waals surface area contributed by atoms with Crippen LogP contribution < -0.4 is 15.4 Å². The van der Waals surface area contributed by atoms with E-state index in [1.807, 2.05) is 43.5 Å². The molecule has 1 atom stereocenters. The second kappa shape index (κ2) is 12.1. The molecular weight excluding hydrogens is 447 g/mol. The number of benzene rings is 1. The molecule has 7 heteroatoms. The van der Waals surface area contributed by atoms with Gasteiger partial charge in [0.2, 0.25) is 0 Å². The lowest BCUT2D eigenvalue weighted by Crippen LogP contribution is -2.42. The molecule has 1 unspecified atom stereocenters. The van der Waals surface area contributed by atoms with Crippen molar-refractivity contribution in [3.05, 3.63) is 46.4 Å². The van der Waals surface area contributed by atoms with Crippen molar-refractivity contribution >= 4 is 41.3 Å². The van der Waals surface area contributed by atoms with Crippen LogP contribution in [0.5, 0.6) is 5.75 Å². The van der Waals surface area contributed by atoms with Crippen molar-refractivity contribution in [2.24, 2.45) is 4.99 Å². The first-order valence-corrected chi connectivity index (χ1v) is 9.12. The van der Waals surface area contributed by atoms with Gasteiger partial charge < -0.3 is 15.4 Å². The molecule has 2 aromatic rings. The molecule has 1 heterocycles. The van der Waals surface area contributed by atoms with Gasteiger partial charge in [-0.1, -0.05) is 25.1 Å². The van der Waals surface area contributed by atoms with Crippen LogP contribution in [0, 0.1) is 0 Å². The van der Waals surface area contributed by atoms with E-state index in [4.69, 9.17) is 4.74 Å². The number of halogens is 1. The summed E-state index contributed by atoms with van der Waals surface area (Å²) in [7, 11) is 1.77. The summed E-state index contributed by atoms with van der Waals surface area (Å²) in [5.74, 6) is 1.66. The number of aliphatic imine (C=N–C) groups is 1. The van der Waals surface area contributed by atoms with Crippen molar-refractivity contribution in [2.75, 3.05) is 20.1 Å². The fraction of sp³-hybridized carbons (Fsp3) is 0.444. The molecule has 0 spiro atoms. The first-order chi connectivity index (χ1) is 11.7. The highest BCUT2D eigenvalue weighted by Gasteiger charge is 2.06. The summed E-state index contributed by atoms with van der Waals surface area (Å²) < 4.78 is 5.84. The molecule has 5 nitrogen and oxygen atoms in total. The average molecular weight is 474 g/mol. The Hall–Kier alpha value is -1.35. The van der Waals surface area contributed by atoms with Gasteiger partial charge in [0.05, 0.1) is 11.6 Å². The molecule has 0 fully saturated rings. The topological polar surface area (TPSA) is 58.5 Å². The largest absolute Gasteiger partial charge is 0.489 e. The van der Waals surface area contributed by atoms with Crippen molar-refractivity contribution in [1.29, 1.82) is 0 Å². The minimum Gasteiger partial charge on any atom is -0.489 e. The van der Waals surface area contributed by atoms with Crippen LogP contribution in [0.15, 0.2) is 41.5 Å². The van der Waals surface area contributed by atoms with Crippen LogP contribution >= 0.6 is 35.3 Å². The van der Waals surface area contributed by atoms with E-state index >= 15 is 0 Å². The van der Waals surface area contributed by atoms with Gasteiger partial charge in [-0.15, -0.1) is 35.3 Å². The van der Waals surface area contributed by atoms with Crippen LogP contribution in [-0.2, 0) is 12.8 Å². The Bertz CT molecular complexity index is 633. The van der Waals surface area contributed by atoms with Gasteiger partial charge in [-0.2, -0.15) is 0 Å². The first kappa shape index (κ1) is 21.7. The van der Waals surface area contributed by atoms with Gasteiger partial charge in [0.15, 0.2) is 5.96 Å². The number of ether oxygens (including phenoxy) is 1. The predicted octanol–water partition coefficient (Wildman–Crippen LogP) is 3.50. The molecule has 0 saturated carbocycles. The number of aryl methyl sites for hydroxylation is 1. The first-order valence-electron chi connectivity index (χ1n) is 8.31. The molecule has 2 rings (SSSR count). The van der Waals surface area contributed by atoms with E-state index in [1.165, 1.54) is 4.88 Å². The fourth-order valence-electron chi connectivity index (χ4n) is 2.15. The molecule has 1 aromatic heterocycles.